The molecule has 0 N–H and O–H groups in total. The van der Waals surface area contributed by atoms with E-state index in [0.717, 1.165) is 25.3 Å². The summed E-state index contributed by atoms with van der Waals surface area (Å²) in [6, 6.07) is 0. The van der Waals surface area contributed by atoms with Gasteiger partial charge in [-0.25, -0.2) is 0 Å². The van der Waals surface area contributed by atoms with E-state index in [2.05, 4.69) is 4.99 Å². The maximum atomic E-state index is 12.3. The average molecular weight is 293 g/mol. The molecule has 92 valence electrons. The van der Waals surface area contributed by atoms with Gasteiger partial charge < -0.3 is 0 Å². The molecule has 0 bridgehead atoms. The molecule has 0 aliphatic heterocycles. The quantitative estimate of drug-likeness (QED) is 0.444. The van der Waals surface area contributed by atoms with E-state index >= 15 is 0 Å². The van der Waals surface area contributed by atoms with Gasteiger partial charge in [-0.05, 0) is 0 Å². The maximum absolute atomic E-state index is 12.3. The molecule has 0 amide bonds. The third-order valence-corrected chi connectivity index (χ3v) is 2.63. The van der Waals surface area contributed by atoms with Gasteiger partial charge in [0.25, 0.3) is 0 Å². The van der Waals surface area contributed by atoms with E-state index in [1.165, 1.54) is 3.61 Å². The Labute approximate surface area is 105 Å². The second-order valence-corrected chi connectivity index (χ2v) is 6.00. The first-order chi connectivity index (χ1) is 7.05. The molecule has 0 aliphatic rings. The molecule has 0 aromatic heterocycles. The van der Waals surface area contributed by atoms with E-state index in [1.54, 1.807) is 0 Å². The summed E-state index contributed by atoms with van der Waals surface area (Å²) < 4.78 is 38.0. The van der Waals surface area contributed by atoms with Crippen LogP contribution in [0.3, 0.4) is 0 Å². The van der Waals surface area contributed by atoms with Crippen molar-refractivity contribution in [3.63, 3.8) is 0 Å². The van der Waals surface area contributed by atoms with Gasteiger partial charge in [0.05, 0.1) is 0 Å². The van der Waals surface area contributed by atoms with Crippen molar-refractivity contribution in [3.05, 3.63) is 0 Å². The first kappa shape index (κ1) is 15.9. The molecule has 0 saturated carbocycles. The molecule has 16 heavy (non-hydrogen) atoms. The normalized spacial score (nSPS) is 14.1. The Morgan fingerprint density at radius 2 is 1.75 bits per heavy atom. The molecule has 0 atom stereocenters. The van der Waals surface area contributed by atoms with E-state index in [0.29, 0.717) is 12.3 Å². The van der Waals surface area contributed by atoms with Crippen LogP contribution in [0.4, 0.5) is 13.2 Å². The first-order valence-electron chi connectivity index (χ1n) is 5.23. The summed E-state index contributed by atoms with van der Waals surface area (Å²) in [6.07, 6.45) is -2.78. The van der Waals surface area contributed by atoms with Crippen molar-refractivity contribution in [1.29, 1.82) is 0 Å². The minimum atomic E-state index is -4.16. The molecule has 0 heterocycles. The Morgan fingerprint density at radius 3 is 2.06 bits per heavy atom. The van der Waals surface area contributed by atoms with Gasteiger partial charge in [0.15, 0.2) is 0 Å². The van der Waals surface area contributed by atoms with Crippen LogP contribution in [-0.4, -0.2) is 46.5 Å². The van der Waals surface area contributed by atoms with Gasteiger partial charge in [0, 0.05) is 0 Å². The zero-order valence-electron chi connectivity index (χ0n) is 10.2. The monoisotopic (exact) mass is 292 g/mol. The van der Waals surface area contributed by atoms with Gasteiger partial charge in [0.1, 0.15) is 0 Å². The van der Waals surface area contributed by atoms with Crippen LogP contribution in [0, 0.1) is 0 Å². The summed E-state index contributed by atoms with van der Waals surface area (Å²) in [7, 11) is 0. The van der Waals surface area contributed by atoms with Crippen molar-refractivity contribution in [2.45, 2.75) is 52.3 Å². The number of nitrogens with zero attached hydrogens (tertiary/aromatic N) is 2. The molecule has 0 spiro atoms. The zero-order valence-corrected chi connectivity index (χ0v) is 12.6. The summed E-state index contributed by atoms with van der Waals surface area (Å²) >= 11 is 0.946. The topological polar surface area (TPSA) is 15.6 Å². The summed E-state index contributed by atoms with van der Waals surface area (Å²) in [5, 5.41) is 0. The first-order valence-corrected chi connectivity index (χ1v) is 6.31. The van der Waals surface area contributed by atoms with Crippen LogP contribution in [0.2, 0.25) is 0 Å². The van der Waals surface area contributed by atoms with Crippen molar-refractivity contribution in [1.82, 2.24) is 3.61 Å². The second kappa shape index (κ2) is 6.00. The Morgan fingerprint density at radius 1 is 1.25 bits per heavy atom. The zero-order chi connectivity index (χ0) is 13.0. The van der Waals surface area contributed by atoms with Gasteiger partial charge in [-0.3, -0.25) is 0 Å². The summed E-state index contributed by atoms with van der Waals surface area (Å²) in [5.41, 5.74) is -0.333. The van der Waals surface area contributed by atoms with Crippen molar-refractivity contribution >= 4 is 24.7 Å². The fourth-order valence-electron chi connectivity index (χ4n) is 1.16. The van der Waals surface area contributed by atoms with Crippen molar-refractivity contribution in [2.24, 2.45) is 4.99 Å². The van der Waals surface area contributed by atoms with Crippen molar-refractivity contribution in [3.8, 4) is 0 Å². The van der Waals surface area contributed by atoms with Crippen LogP contribution in [0.15, 0.2) is 4.99 Å². The molecule has 6 heteroatoms. The second-order valence-electron chi connectivity index (χ2n) is 4.69. The molecule has 0 aromatic rings. The van der Waals surface area contributed by atoms with Gasteiger partial charge in [-0.15, -0.1) is 0 Å². The molecular formula is C10H18F3GaN2. The molecule has 0 aromatic carbocycles. The van der Waals surface area contributed by atoms with E-state index in [4.69, 9.17) is 0 Å². The van der Waals surface area contributed by atoms with Gasteiger partial charge in [-0.1, -0.05) is 0 Å². The third kappa shape index (κ3) is 8.10. The molecular weight excluding hydrogens is 275 g/mol. The van der Waals surface area contributed by atoms with E-state index in [1.807, 2.05) is 27.7 Å². The predicted octanol–water partition coefficient (Wildman–Crippen LogP) is 2.93. The SMILES string of the molecule is CCCC(=NC(C)(C)C)[N]([Ga])CC(F)(F)F. The number of hydrogen-bond donors (Lipinski definition) is 0. The van der Waals surface area contributed by atoms with E-state index in [-0.39, 0.29) is 5.54 Å². The van der Waals surface area contributed by atoms with Crippen LogP contribution < -0.4 is 0 Å². The Balaban J connectivity index is 4.72. The number of hydrogen-bond acceptors (Lipinski definition) is 1. The number of halogens is 3. The molecule has 0 unspecified atom stereocenters. The van der Waals surface area contributed by atoms with Crippen LogP contribution in [0.5, 0.6) is 0 Å². The van der Waals surface area contributed by atoms with Gasteiger partial charge >= 0.3 is 105 Å². The summed E-state index contributed by atoms with van der Waals surface area (Å²) in [4.78, 5) is 4.34. The molecule has 0 saturated heterocycles. The van der Waals surface area contributed by atoms with Gasteiger partial charge in [-0.2, -0.15) is 0 Å². The number of aliphatic imine (C=N–C) groups is 1. The molecule has 0 aliphatic carbocycles. The van der Waals surface area contributed by atoms with Gasteiger partial charge in [0.2, 0.25) is 0 Å². The Kier molecular flexibility index (Phi) is 5.96. The average Bonchev–Trinajstić information content (AvgIpc) is 1.97. The van der Waals surface area contributed by atoms with E-state index < -0.39 is 12.7 Å². The fraction of sp³-hybridized carbons (Fsp3) is 0.900. The standard InChI is InChI=1S/C10H18F3N2.Ga/c1-5-6-8(15-9(2,3)4)14-7-10(11,12)13;/h5-7H2,1-4H3;/q-1;+1. The van der Waals surface area contributed by atoms with E-state index in [9.17, 15) is 13.2 Å². The third-order valence-electron chi connectivity index (χ3n) is 1.62. The molecule has 0 rings (SSSR count). The number of rotatable bonds is 3. The Bertz CT molecular complexity index is 243. The van der Waals surface area contributed by atoms with Crippen LogP contribution in [-0.2, 0) is 0 Å². The molecule has 0 fully saturated rings. The van der Waals surface area contributed by atoms with Crippen LogP contribution in [0.25, 0.3) is 0 Å². The summed E-state index contributed by atoms with van der Waals surface area (Å²) in [6.45, 7) is 6.68. The van der Waals surface area contributed by atoms with Crippen LogP contribution >= 0.6 is 0 Å². The predicted molar refractivity (Wildman–Crippen MR) is 60.6 cm³/mol. The minimum absolute atomic E-state index is 0.333. The number of amidine groups is 1. The number of alkyl halides is 3. The summed E-state index contributed by atoms with van der Waals surface area (Å²) in [5.74, 6) is 0.548. The Hall–Kier alpha value is -0.104. The molecule has 2 nitrogen and oxygen atoms in total. The van der Waals surface area contributed by atoms with Crippen molar-refractivity contribution < 1.29 is 13.2 Å². The van der Waals surface area contributed by atoms with Crippen LogP contribution in [0.1, 0.15) is 40.5 Å². The van der Waals surface area contributed by atoms with Crippen molar-refractivity contribution in [2.75, 3.05) is 6.54 Å². The fourth-order valence-corrected chi connectivity index (χ4v) is 1.99. The molecule has 2 radical (unpaired) electrons.